The molecule has 0 saturated heterocycles. The highest BCUT2D eigenvalue weighted by Gasteiger charge is 2.35. The average Bonchev–Trinajstić information content (AvgIpc) is 2.42. The number of methoxy groups -OCH3 is 1. The number of halogens is 3. The van der Waals surface area contributed by atoms with E-state index in [9.17, 15) is 18.0 Å². The van der Waals surface area contributed by atoms with Crippen LogP contribution in [0, 0.1) is 0 Å². The van der Waals surface area contributed by atoms with Gasteiger partial charge in [-0.05, 0) is 31.5 Å². The molecule has 6 heteroatoms. The van der Waals surface area contributed by atoms with Gasteiger partial charge in [-0.1, -0.05) is 6.92 Å². The molecule has 1 aromatic rings. The van der Waals surface area contributed by atoms with Crippen molar-refractivity contribution in [1.82, 2.24) is 4.90 Å². The number of nitrogens with zero attached hydrogens (tertiary/aromatic N) is 1. The summed E-state index contributed by atoms with van der Waals surface area (Å²) in [7, 11) is 1.17. The molecule has 1 aromatic carbocycles. The molecule has 1 amide bonds. The molecule has 112 valence electrons. The minimum absolute atomic E-state index is 0.0217. The first-order chi connectivity index (χ1) is 9.35. The van der Waals surface area contributed by atoms with Gasteiger partial charge in [0.2, 0.25) is 0 Å². The van der Waals surface area contributed by atoms with E-state index in [1.165, 1.54) is 24.1 Å². The largest absolute Gasteiger partial charge is 0.496 e. The molecule has 0 heterocycles. The summed E-state index contributed by atoms with van der Waals surface area (Å²) in [6.07, 6.45) is -3.80. The first kappa shape index (κ1) is 16.3. The van der Waals surface area contributed by atoms with Crippen molar-refractivity contribution in [3.63, 3.8) is 0 Å². The second-order valence-corrected chi connectivity index (χ2v) is 4.30. The summed E-state index contributed by atoms with van der Waals surface area (Å²) in [6.45, 7) is 4.68. The van der Waals surface area contributed by atoms with Crippen LogP contribution in [0.25, 0.3) is 0 Å². The molecule has 0 saturated carbocycles. The topological polar surface area (TPSA) is 29.5 Å². The van der Waals surface area contributed by atoms with Crippen molar-refractivity contribution in [3.8, 4) is 5.75 Å². The van der Waals surface area contributed by atoms with Crippen LogP contribution in [0.1, 0.15) is 36.2 Å². The van der Waals surface area contributed by atoms with Crippen LogP contribution in [0.2, 0.25) is 0 Å². The van der Waals surface area contributed by atoms with E-state index in [0.29, 0.717) is 13.1 Å². The Bertz CT molecular complexity index is 472. The SMILES string of the molecule is CCCN(CC)C(=O)c1ccc(OC)c(C(F)(F)F)c1. The second kappa shape index (κ2) is 6.63. The number of hydrogen-bond acceptors (Lipinski definition) is 2. The van der Waals surface area contributed by atoms with Gasteiger partial charge in [-0.15, -0.1) is 0 Å². The Morgan fingerprint density at radius 2 is 1.95 bits per heavy atom. The Kier molecular flexibility index (Phi) is 5.42. The summed E-state index contributed by atoms with van der Waals surface area (Å²) in [4.78, 5) is 13.7. The Morgan fingerprint density at radius 1 is 1.30 bits per heavy atom. The number of amides is 1. The van der Waals surface area contributed by atoms with Gasteiger partial charge in [0.1, 0.15) is 5.75 Å². The van der Waals surface area contributed by atoms with E-state index < -0.39 is 17.6 Å². The van der Waals surface area contributed by atoms with E-state index in [2.05, 4.69) is 0 Å². The van der Waals surface area contributed by atoms with Crippen LogP contribution in [-0.2, 0) is 6.18 Å². The van der Waals surface area contributed by atoms with Gasteiger partial charge in [-0.2, -0.15) is 13.2 Å². The molecule has 0 fully saturated rings. The van der Waals surface area contributed by atoms with Crippen molar-refractivity contribution in [3.05, 3.63) is 29.3 Å². The van der Waals surface area contributed by atoms with Gasteiger partial charge in [0.15, 0.2) is 0 Å². The van der Waals surface area contributed by atoms with Crippen molar-refractivity contribution in [2.75, 3.05) is 20.2 Å². The molecule has 20 heavy (non-hydrogen) atoms. The number of rotatable bonds is 5. The van der Waals surface area contributed by atoms with Crippen molar-refractivity contribution < 1.29 is 22.7 Å². The number of carbonyl (C=O) groups is 1. The number of ether oxygens (including phenoxy) is 1. The molecule has 0 N–H and O–H groups in total. The van der Waals surface area contributed by atoms with Gasteiger partial charge in [0.25, 0.3) is 5.91 Å². The predicted octanol–water partition coefficient (Wildman–Crippen LogP) is 3.59. The highest BCUT2D eigenvalue weighted by molar-refractivity contribution is 5.94. The molecule has 0 aliphatic carbocycles. The van der Waals surface area contributed by atoms with Gasteiger partial charge < -0.3 is 9.64 Å². The van der Waals surface area contributed by atoms with Crippen molar-refractivity contribution >= 4 is 5.91 Å². The Labute approximate surface area is 116 Å². The molecule has 3 nitrogen and oxygen atoms in total. The van der Waals surface area contributed by atoms with E-state index >= 15 is 0 Å². The Hall–Kier alpha value is -1.72. The van der Waals surface area contributed by atoms with Crippen LogP contribution in [0.4, 0.5) is 13.2 Å². The minimum Gasteiger partial charge on any atom is -0.496 e. The first-order valence-corrected chi connectivity index (χ1v) is 6.39. The second-order valence-electron chi connectivity index (χ2n) is 4.30. The number of alkyl halides is 3. The Morgan fingerprint density at radius 3 is 2.40 bits per heavy atom. The molecule has 0 aliphatic rings. The molecule has 0 unspecified atom stereocenters. The summed E-state index contributed by atoms with van der Waals surface area (Å²) in [5, 5.41) is 0. The predicted molar refractivity (Wildman–Crippen MR) is 69.9 cm³/mol. The fourth-order valence-electron chi connectivity index (χ4n) is 1.92. The highest BCUT2D eigenvalue weighted by atomic mass is 19.4. The van der Waals surface area contributed by atoms with Gasteiger partial charge in [-0.25, -0.2) is 0 Å². The molecule has 0 aromatic heterocycles. The normalized spacial score (nSPS) is 11.3. The number of hydrogen-bond donors (Lipinski definition) is 0. The van der Waals surface area contributed by atoms with E-state index in [4.69, 9.17) is 4.74 Å². The van der Waals surface area contributed by atoms with Crippen LogP contribution in [-0.4, -0.2) is 31.0 Å². The maximum Gasteiger partial charge on any atom is 0.419 e. The highest BCUT2D eigenvalue weighted by Crippen LogP contribution is 2.36. The molecule has 0 radical (unpaired) electrons. The minimum atomic E-state index is -4.55. The summed E-state index contributed by atoms with van der Waals surface area (Å²) in [5.74, 6) is -0.685. The lowest BCUT2D eigenvalue weighted by atomic mass is 10.1. The van der Waals surface area contributed by atoms with Gasteiger partial charge in [0.05, 0.1) is 12.7 Å². The molecule has 1 rings (SSSR count). The first-order valence-electron chi connectivity index (χ1n) is 6.39. The number of carbonyl (C=O) groups excluding carboxylic acids is 1. The van der Waals surface area contributed by atoms with Gasteiger partial charge >= 0.3 is 6.18 Å². The quantitative estimate of drug-likeness (QED) is 0.829. The third-order valence-electron chi connectivity index (χ3n) is 2.91. The van der Waals surface area contributed by atoms with Crippen molar-refractivity contribution in [2.24, 2.45) is 0 Å². The van der Waals surface area contributed by atoms with Crippen molar-refractivity contribution in [2.45, 2.75) is 26.4 Å². The zero-order chi connectivity index (χ0) is 15.3. The van der Waals surface area contributed by atoms with E-state index in [-0.39, 0.29) is 11.3 Å². The van der Waals surface area contributed by atoms with Crippen LogP contribution in [0.15, 0.2) is 18.2 Å². The lowest BCUT2D eigenvalue weighted by molar-refractivity contribution is -0.138. The van der Waals surface area contributed by atoms with E-state index in [0.717, 1.165) is 12.5 Å². The maximum atomic E-state index is 12.9. The smallest absolute Gasteiger partial charge is 0.419 e. The zero-order valence-electron chi connectivity index (χ0n) is 11.8. The standard InChI is InChI=1S/C14H18F3NO2/c1-4-8-18(5-2)13(19)10-6-7-12(20-3)11(9-10)14(15,16)17/h6-7,9H,4-5,8H2,1-3H3. The molecule has 0 bridgehead atoms. The van der Waals surface area contributed by atoms with Crippen LogP contribution < -0.4 is 4.74 Å². The summed E-state index contributed by atoms with van der Waals surface area (Å²) in [6, 6.07) is 3.38. The lowest BCUT2D eigenvalue weighted by Crippen LogP contribution is -2.31. The molecule has 0 spiro atoms. The summed E-state index contributed by atoms with van der Waals surface area (Å²) in [5.41, 5.74) is -0.910. The third kappa shape index (κ3) is 3.65. The van der Waals surface area contributed by atoms with E-state index in [1.807, 2.05) is 6.92 Å². The van der Waals surface area contributed by atoms with Crippen LogP contribution in [0.5, 0.6) is 5.75 Å². The summed E-state index contributed by atoms with van der Waals surface area (Å²) < 4.78 is 43.4. The zero-order valence-corrected chi connectivity index (χ0v) is 11.8. The molecule has 0 atom stereocenters. The summed E-state index contributed by atoms with van der Waals surface area (Å²) >= 11 is 0. The average molecular weight is 289 g/mol. The van der Waals surface area contributed by atoms with Crippen LogP contribution >= 0.6 is 0 Å². The lowest BCUT2D eigenvalue weighted by Gasteiger charge is -2.21. The third-order valence-corrected chi connectivity index (χ3v) is 2.91. The monoisotopic (exact) mass is 289 g/mol. The van der Waals surface area contributed by atoms with Crippen molar-refractivity contribution in [1.29, 1.82) is 0 Å². The van der Waals surface area contributed by atoms with Crippen LogP contribution in [0.3, 0.4) is 0 Å². The maximum absolute atomic E-state index is 12.9. The fraction of sp³-hybridized carbons (Fsp3) is 0.500. The van der Waals surface area contributed by atoms with Gasteiger partial charge in [-0.3, -0.25) is 4.79 Å². The molecular weight excluding hydrogens is 271 g/mol. The molecular formula is C14H18F3NO2. The number of benzene rings is 1. The van der Waals surface area contributed by atoms with Gasteiger partial charge in [0, 0.05) is 18.7 Å². The Balaban J connectivity index is 3.17. The molecule has 0 aliphatic heterocycles. The fourth-order valence-corrected chi connectivity index (χ4v) is 1.92. The van der Waals surface area contributed by atoms with E-state index in [1.54, 1.807) is 6.92 Å².